The van der Waals surface area contributed by atoms with Gasteiger partial charge in [0.15, 0.2) is 0 Å². The number of ether oxygens (including phenoxy) is 1. The molecule has 0 aliphatic rings. The highest BCUT2D eigenvalue weighted by Crippen LogP contribution is 2.26. The Morgan fingerprint density at radius 1 is 1.24 bits per heavy atom. The standard InChI is InChI=1S/C13H13BrN2O/c14-12-6-10(7-15)3-4-13(12)17-9-11-2-1-5-16-8-11/h1-6,8H,7,9,15H2. The molecule has 2 aromatic rings. The van der Waals surface area contributed by atoms with Crippen molar-refractivity contribution in [3.63, 3.8) is 0 Å². The molecule has 0 saturated heterocycles. The van der Waals surface area contributed by atoms with Gasteiger partial charge >= 0.3 is 0 Å². The summed E-state index contributed by atoms with van der Waals surface area (Å²) in [6, 6.07) is 9.73. The molecule has 0 aliphatic heterocycles. The zero-order valence-electron chi connectivity index (χ0n) is 9.27. The normalized spacial score (nSPS) is 10.2. The first-order valence-electron chi connectivity index (χ1n) is 5.30. The molecule has 1 heterocycles. The molecule has 0 saturated carbocycles. The Balaban J connectivity index is 2.04. The Hall–Kier alpha value is -1.39. The first kappa shape index (κ1) is 12.1. The summed E-state index contributed by atoms with van der Waals surface area (Å²) in [6.07, 6.45) is 3.54. The van der Waals surface area contributed by atoms with Gasteiger partial charge in [-0.25, -0.2) is 0 Å². The lowest BCUT2D eigenvalue weighted by Gasteiger charge is -2.09. The average Bonchev–Trinajstić information content (AvgIpc) is 2.38. The summed E-state index contributed by atoms with van der Waals surface area (Å²) >= 11 is 3.47. The van der Waals surface area contributed by atoms with E-state index in [2.05, 4.69) is 20.9 Å². The van der Waals surface area contributed by atoms with Crippen molar-refractivity contribution in [2.24, 2.45) is 5.73 Å². The van der Waals surface area contributed by atoms with Gasteiger partial charge in [-0.2, -0.15) is 0 Å². The molecule has 1 aromatic heterocycles. The van der Waals surface area contributed by atoms with Gasteiger partial charge in [0.25, 0.3) is 0 Å². The third-order valence-electron chi connectivity index (χ3n) is 2.35. The third kappa shape index (κ3) is 3.28. The van der Waals surface area contributed by atoms with E-state index in [1.54, 1.807) is 12.4 Å². The van der Waals surface area contributed by atoms with Crippen molar-refractivity contribution in [1.29, 1.82) is 0 Å². The van der Waals surface area contributed by atoms with E-state index in [-0.39, 0.29) is 0 Å². The SMILES string of the molecule is NCc1ccc(OCc2cccnc2)c(Br)c1. The number of pyridine rings is 1. The van der Waals surface area contributed by atoms with Gasteiger partial charge in [0.1, 0.15) is 12.4 Å². The van der Waals surface area contributed by atoms with Gasteiger partial charge < -0.3 is 10.5 Å². The van der Waals surface area contributed by atoms with Crippen LogP contribution < -0.4 is 10.5 Å². The fourth-order valence-electron chi connectivity index (χ4n) is 1.43. The minimum atomic E-state index is 0.508. The maximum atomic E-state index is 5.69. The first-order chi connectivity index (χ1) is 8.29. The van der Waals surface area contributed by atoms with Crippen molar-refractivity contribution >= 4 is 15.9 Å². The quantitative estimate of drug-likeness (QED) is 0.943. The third-order valence-corrected chi connectivity index (χ3v) is 2.97. The molecule has 0 fully saturated rings. The fraction of sp³-hybridized carbons (Fsp3) is 0.154. The molecule has 0 amide bonds. The lowest BCUT2D eigenvalue weighted by molar-refractivity contribution is 0.303. The van der Waals surface area contributed by atoms with Crippen LogP contribution in [0.2, 0.25) is 0 Å². The van der Waals surface area contributed by atoms with E-state index in [0.717, 1.165) is 21.3 Å². The van der Waals surface area contributed by atoms with Gasteiger partial charge in [-0.3, -0.25) is 4.98 Å². The van der Waals surface area contributed by atoms with Crippen LogP contribution in [0.15, 0.2) is 47.2 Å². The van der Waals surface area contributed by atoms with Crippen LogP contribution in [0, 0.1) is 0 Å². The van der Waals surface area contributed by atoms with Crippen LogP contribution in [0.3, 0.4) is 0 Å². The summed E-state index contributed by atoms with van der Waals surface area (Å²) in [5.41, 5.74) is 7.68. The van der Waals surface area contributed by atoms with Gasteiger partial charge in [-0.15, -0.1) is 0 Å². The zero-order chi connectivity index (χ0) is 12.1. The molecule has 2 rings (SSSR count). The molecule has 3 nitrogen and oxygen atoms in total. The molecule has 17 heavy (non-hydrogen) atoms. The highest BCUT2D eigenvalue weighted by molar-refractivity contribution is 9.10. The Morgan fingerprint density at radius 3 is 2.76 bits per heavy atom. The predicted octanol–water partition coefficient (Wildman–Crippen LogP) is 2.88. The van der Waals surface area contributed by atoms with E-state index in [1.807, 2.05) is 30.3 Å². The number of halogens is 1. The number of hydrogen-bond donors (Lipinski definition) is 1. The van der Waals surface area contributed by atoms with E-state index in [0.29, 0.717) is 13.2 Å². The molecule has 2 N–H and O–H groups in total. The van der Waals surface area contributed by atoms with Crippen molar-refractivity contribution < 1.29 is 4.74 Å². The maximum absolute atomic E-state index is 5.69. The molecular formula is C13H13BrN2O. The summed E-state index contributed by atoms with van der Waals surface area (Å²) in [6.45, 7) is 1.04. The minimum absolute atomic E-state index is 0.508. The molecule has 0 radical (unpaired) electrons. The van der Waals surface area contributed by atoms with E-state index in [1.165, 1.54) is 0 Å². The second-order valence-electron chi connectivity index (χ2n) is 3.62. The molecule has 4 heteroatoms. The van der Waals surface area contributed by atoms with Gasteiger partial charge in [-0.1, -0.05) is 12.1 Å². The summed E-state index contributed by atoms with van der Waals surface area (Å²) in [7, 11) is 0. The Morgan fingerprint density at radius 2 is 2.12 bits per heavy atom. The summed E-state index contributed by atoms with van der Waals surface area (Å²) in [4.78, 5) is 4.04. The smallest absolute Gasteiger partial charge is 0.134 e. The topological polar surface area (TPSA) is 48.1 Å². The monoisotopic (exact) mass is 292 g/mol. The summed E-state index contributed by atoms with van der Waals surface area (Å²) in [5.74, 6) is 0.811. The lowest BCUT2D eigenvalue weighted by atomic mass is 10.2. The highest BCUT2D eigenvalue weighted by atomic mass is 79.9. The van der Waals surface area contributed by atoms with Gasteiger partial charge in [0.05, 0.1) is 4.47 Å². The molecular weight excluding hydrogens is 280 g/mol. The molecule has 0 bridgehead atoms. The Labute approximate surface area is 109 Å². The largest absolute Gasteiger partial charge is 0.488 e. The van der Waals surface area contributed by atoms with Crippen LogP contribution in [-0.4, -0.2) is 4.98 Å². The molecule has 88 valence electrons. The minimum Gasteiger partial charge on any atom is -0.488 e. The van der Waals surface area contributed by atoms with Crippen molar-refractivity contribution in [3.05, 3.63) is 58.3 Å². The number of nitrogens with two attached hydrogens (primary N) is 1. The van der Waals surface area contributed by atoms with Crippen LogP contribution in [0.25, 0.3) is 0 Å². The number of nitrogens with zero attached hydrogens (tertiary/aromatic N) is 1. The number of hydrogen-bond acceptors (Lipinski definition) is 3. The van der Waals surface area contributed by atoms with Crippen molar-refractivity contribution in [3.8, 4) is 5.75 Å². The second kappa shape index (κ2) is 5.80. The number of benzene rings is 1. The van der Waals surface area contributed by atoms with Crippen LogP contribution in [-0.2, 0) is 13.2 Å². The van der Waals surface area contributed by atoms with Crippen molar-refractivity contribution in [2.75, 3.05) is 0 Å². The maximum Gasteiger partial charge on any atom is 0.134 e. The zero-order valence-corrected chi connectivity index (χ0v) is 10.9. The molecule has 0 atom stereocenters. The van der Waals surface area contributed by atoms with Gasteiger partial charge in [0, 0.05) is 24.5 Å². The van der Waals surface area contributed by atoms with E-state index >= 15 is 0 Å². The predicted molar refractivity (Wildman–Crippen MR) is 70.6 cm³/mol. The van der Waals surface area contributed by atoms with E-state index in [9.17, 15) is 0 Å². The van der Waals surface area contributed by atoms with Gasteiger partial charge in [0.2, 0.25) is 0 Å². The van der Waals surface area contributed by atoms with Crippen LogP contribution in [0.1, 0.15) is 11.1 Å². The van der Waals surface area contributed by atoms with Crippen molar-refractivity contribution in [1.82, 2.24) is 4.98 Å². The molecule has 0 spiro atoms. The number of aromatic nitrogens is 1. The summed E-state index contributed by atoms with van der Waals surface area (Å²) in [5, 5.41) is 0. The average molecular weight is 293 g/mol. The molecule has 1 aromatic carbocycles. The first-order valence-corrected chi connectivity index (χ1v) is 6.09. The lowest BCUT2D eigenvalue weighted by Crippen LogP contribution is -1.99. The van der Waals surface area contributed by atoms with Crippen molar-refractivity contribution in [2.45, 2.75) is 13.2 Å². The molecule has 0 aliphatic carbocycles. The van der Waals surface area contributed by atoms with E-state index in [4.69, 9.17) is 10.5 Å². The number of rotatable bonds is 4. The van der Waals surface area contributed by atoms with Gasteiger partial charge in [-0.05, 0) is 39.7 Å². The van der Waals surface area contributed by atoms with Crippen LogP contribution in [0.4, 0.5) is 0 Å². The van der Waals surface area contributed by atoms with Crippen LogP contribution in [0.5, 0.6) is 5.75 Å². The molecule has 0 unspecified atom stereocenters. The van der Waals surface area contributed by atoms with Crippen LogP contribution >= 0.6 is 15.9 Å². The summed E-state index contributed by atoms with van der Waals surface area (Å²) < 4.78 is 6.62. The Kier molecular flexibility index (Phi) is 4.12. The van der Waals surface area contributed by atoms with E-state index < -0.39 is 0 Å². The second-order valence-corrected chi connectivity index (χ2v) is 4.47. The fourth-order valence-corrected chi connectivity index (χ4v) is 1.97. The highest BCUT2D eigenvalue weighted by Gasteiger charge is 2.02. The Bertz CT molecular complexity index is 488.